The van der Waals surface area contributed by atoms with Gasteiger partial charge in [0.2, 0.25) is 0 Å². The molecule has 0 fully saturated rings. The first kappa shape index (κ1) is 11.7. The second-order valence-electron chi connectivity index (χ2n) is 2.75. The number of hydrogen-bond donors (Lipinski definition) is 0. The van der Waals surface area contributed by atoms with Gasteiger partial charge in [-0.15, -0.1) is 0 Å². The molecule has 0 saturated carbocycles. The summed E-state index contributed by atoms with van der Waals surface area (Å²) in [6.45, 7) is 2.01. The highest BCUT2D eigenvalue weighted by molar-refractivity contribution is 8.14. The normalized spacial score (nSPS) is 10.5. The molecule has 74 valence electrons. The quantitative estimate of drug-likeness (QED) is 0.745. The molecular formula is C11H8N2S2. The first-order chi connectivity index (χ1) is 7.27. The summed E-state index contributed by atoms with van der Waals surface area (Å²) < 4.78 is 0. The third-order valence-corrected chi connectivity index (χ3v) is 2.98. The van der Waals surface area contributed by atoms with Crippen molar-refractivity contribution in [1.82, 2.24) is 0 Å². The smallest absolute Gasteiger partial charge is 0.138 e. The van der Waals surface area contributed by atoms with Crippen molar-refractivity contribution in [2.24, 2.45) is 0 Å². The summed E-state index contributed by atoms with van der Waals surface area (Å²) in [5.41, 5.74) is 2.14. The van der Waals surface area contributed by atoms with Crippen LogP contribution in [0.3, 0.4) is 0 Å². The lowest BCUT2D eigenvalue weighted by molar-refractivity contribution is 1.46. The van der Waals surface area contributed by atoms with Gasteiger partial charge in [0.05, 0.1) is 0 Å². The fourth-order valence-corrected chi connectivity index (χ4v) is 1.98. The molecule has 0 aromatic heterocycles. The molecule has 0 unspecified atom stereocenters. The van der Waals surface area contributed by atoms with E-state index in [0.29, 0.717) is 0 Å². The summed E-state index contributed by atoms with van der Waals surface area (Å²) in [6, 6.07) is 7.86. The second-order valence-corrected chi connectivity index (χ2v) is 4.23. The second kappa shape index (κ2) is 6.19. The molecule has 0 amide bonds. The summed E-state index contributed by atoms with van der Waals surface area (Å²) in [5, 5.41) is 22.7. The standard InChI is InChI=1S/C11H8N2S2/c1-9-2-4-10(5-3-9)11(15-8-13)6-14-7-12/h2-6H,1H3/b11-6+. The Kier molecular flexibility index (Phi) is 4.83. The Bertz CT molecular complexity index is 435. The third kappa shape index (κ3) is 3.71. The van der Waals surface area contributed by atoms with Gasteiger partial charge in [0, 0.05) is 10.3 Å². The van der Waals surface area contributed by atoms with E-state index in [9.17, 15) is 0 Å². The maximum absolute atomic E-state index is 8.63. The molecule has 1 aromatic rings. The molecule has 0 aliphatic carbocycles. The summed E-state index contributed by atoms with van der Waals surface area (Å²) in [7, 11) is 0. The van der Waals surface area contributed by atoms with Crippen LogP contribution in [-0.4, -0.2) is 0 Å². The largest absolute Gasteiger partial charge is 0.185 e. The molecule has 0 spiro atoms. The van der Waals surface area contributed by atoms with Gasteiger partial charge in [-0.1, -0.05) is 29.8 Å². The van der Waals surface area contributed by atoms with Gasteiger partial charge in [0.15, 0.2) is 0 Å². The van der Waals surface area contributed by atoms with Crippen LogP contribution in [0, 0.1) is 28.3 Å². The van der Waals surface area contributed by atoms with E-state index in [1.165, 1.54) is 5.56 Å². The van der Waals surface area contributed by atoms with Gasteiger partial charge in [-0.25, -0.2) is 0 Å². The molecular weight excluding hydrogens is 224 g/mol. The first-order valence-electron chi connectivity index (χ1n) is 4.16. The topological polar surface area (TPSA) is 47.6 Å². The highest BCUT2D eigenvalue weighted by Crippen LogP contribution is 2.29. The van der Waals surface area contributed by atoms with Crippen LogP contribution in [-0.2, 0) is 0 Å². The molecule has 0 saturated heterocycles. The maximum Gasteiger partial charge on any atom is 0.138 e. The van der Waals surface area contributed by atoms with Gasteiger partial charge in [-0.2, -0.15) is 10.5 Å². The Balaban J connectivity index is 2.96. The minimum absolute atomic E-state index is 0.809. The van der Waals surface area contributed by atoms with Crippen LogP contribution in [0.1, 0.15) is 11.1 Å². The summed E-state index contributed by atoms with van der Waals surface area (Å²) in [4.78, 5) is 0.809. The molecule has 0 radical (unpaired) electrons. The van der Waals surface area contributed by atoms with Crippen molar-refractivity contribution in [2.45, 2.75) is 6.92 Å². The van der Waals surface area contributed by atoms with E-state index in [4.69, 9.17) is 10.5 Å². The van der Waals surface area contributed by atoms with Gasteiger partial charge < -0.3 is 0 Å². The number of nitrogens with zero attached hydrogens (tertiary/aromatic N) is 2. The number of nitriles is 2. The van der Waals surface area contributed by atoms with Gasteiger partial charge >= 0.3 is 0 Å². The summed E-state index contributed by atoms with van der Waals surface area (Å²) in [5.74, 6) is 0. The number of thiocyanates is 2. The number of hydrogen-bond acceptors (Lipinski definition) is 4. The van der Waals surface area contributed by atoms with Crippen LogP contribution >= 0.6 is 23.5 Å². The molecule has 0 aliphatic rings. The molecule has 1 rings (SSSR count). The zero-order valence-electron chi connectivity index (χ0n) is 8.10. The third-order valence-electron chi connectivity index (χ3n) is 1.71. The lowest BCUT2D eigenvalue weighted by Gasteiger charge is -2.01. The molecule has 0 atom stereocenters. The Morgan fingerprint density at radius 2 is 1.87 bits per heavy atom. The molecule has 0 N–H and O–H groups in total. The zero-order valence-corrected chi connectivity index (χ0v) is 9.73. The minimum Gasteiger partial charge on any atom is -0.185 e. The van der Waals surface area contributed by atoms with Crippen molar-refractivity contribution in [3.8, 4) is 10.8 Å². The van der Waals surface area contributed by atoms with Crippen molar-refractivity contribution >= 4 is 28.4 Å². The Morgan fingerprint density at radius 1 is 1.20 bits per heavy atom. The highest BCUT2D eigenvalue weighted by atomic mass is 32.2. The molecule has 0 aliphatic heterocycles. The van der Waals surface area contributed by atoms with E-state index in [2.05, 4.69) is 0 Å². The molecule has 4 heteroatoms. The first-order valence-corrected chi connectivity index (χ1v) is 5.85. The van der Waals surface area contributed by atoms with Gasteiger partial charge in [-0.05, 0) is 36.0 Å². The number of thioether (sulfide) groups is 2. The average molecular weight is 232 g/mol. The van der Waals surface area contributed by atoms with E-state index in [1.807, 2.05) is 42.0 Å². The SMILES string of the molecule is Cc1ccc(/C(=C\SC#N)SC#N)cc1. The molecule has 15 heavy (non-hydrogen) atoms. The fourth-order valence-electron chi connectivity index (χ4n) is 0.998. The highest BCUT2D eigenvalue weighted by Gasteiger charge is 2.01. The lowest BCUT2D eigenvalue weighted by Crippen LogP contribution is -1.79. The number of rotatable bonds is 3. The van der Waals surface area contributed by atoms with E-state index >= 15 is 0 Å². The van der Waals surface area contributed by atoms with E-state index in [0.717, 1.165) is 34.0 Å². The lowest BCUT2D eigenvalue weighted by atomic mass is 10.1. The van der Waals surface area contributed by atoms with Gasteiger partial charge in [0.25, 0.3) is 0 Å². The van der Waals surface area contributed by atoms with Crippen LogP contribution in [0.15, 0.2) is 29.7 Å². The average Bonchev–Trinajstić information content (AvgIpc) is 2.25. The van der Waals surface area contributed by atoms with Crippen molar-refractivity contribution < 1.29 is 0 Å². The molecule has 1 aromatic carbocycles. The molecule has 0 bridgehead atoms. The predicted octanol–water partition coefficient (Wildman–Crippen LogP) is 3.72. The van der Waals surface area contributed by atoms with Crippen molar-refractivity contribution in [2.75, 3.05) is 0 Å². The zero-order chi connectivity index (χ0) is 11.1. The Labute approximate surface area is 97.6 Å². The van der Waals surface area contributed by atoms with Crippen molar-refractivity contribution in [3.63, 3.8) is 0 Å². The predicted molar refractivity (Wildman–Crippen MR) is 65.6 cm³/mol. The fraction of sp³-hybridized carbons (Fsp3) is 0.0909. The van der Waals surface area contributed by atoms with E-state index in [-0.39, 0.29) is 0 Å². The number of benzene rings is 1. The van der Waals surface area contributed by atoms with Crippen LogP contribution in [0.5, 0.6) is 0 Å². The monoisotopic (exact) mass is 232 g/mol. The summed E-state index contributed by atoms with van der Waals surface area (Å²) >= 11 is 2.10. The molecule has 0 heterocycles. The van der Waals surface area contributed by atoms with E-state index in [1.54, 1.807) is 5.41 Å². The van der Waals surface area contributed by atoms with Crippen LogP contribution in [0.25, 0.3) is 4.91 Å². The van der Waals surface area contributed by atoms with Crippen molar-refractivity contribution in [3.05, 3.63) is 40.8 Å². The van der Waals surface area contributed by atoms with E-state index < -0.39 is 0 Å². The maximum atomic E-state index is 8.63. The number of aryl methyl sites for hydroxylation is 1. The molecule has 2 nitrogen and oxygen atoms in total. The van der Waals surface area contributed by atoms with Crippen LogP contribution in [0.2, 0.25) is 0 Å². The van der Waals surface area contributed by atoms with Crippen molar-refractivity contribution in [1.29, 1.82) is 10.5 Å². The van der Waals surface area contributed by atoms with Crippen LogP contribution in [0.4, 0.5) is 0 Å². The van der Waals surface area contributed by atoms with Gasteiger partial charge in [-0.3, -0.25) is 0 Å². The Hall–Kier alpha value is -1.36. The Morgan fingerprint density at radius 3 is 2.40 bits per heavy atom. The minimum atomic E-state index is 0.809. The summed E-state index contributed by atoms with van der Waals surface area (Å²) in [6.07, 6.45) is 0. The van der Waals surface area contributed by atoms with Crippen LogP contribution < -0.4 is 0 Å². The van der Waals surface area contributed by atoms with Gasteiger partial charge in [0.1, 0.15) is 10.8 Å².